The predicted molar refractivity (Wildman–Crippen MR) is 99.6 cm³/mol. The second-order valence-corrected chi connectivity index (χ2v) is 7.53. The highest BCUT2D eigenvalue weighted by molar-refractivity contribution is 5.99. The van der Waals surface area contributed by atoms with Gasteiger partial charge in [0.1, 0.15) is 0 Å². The molecular weight excluding hydrogens is 316 g/mol. The van der Waals surface area contributed by atoms with Gasteiger partial charge in [0.25, 0.3) is 0 Å². The van der Waals surface area contributed by atoms with Crippen LogP contribution in [-0.2, 0) is 4.79 Å². The molecule has 3 amide bonds. The summed E-state index contributed by atoms with van der Waals surface area (Å²) in [4.78, 5) is 24.4. The van der Waals surface area contributed by atoms with E-state index in [4.69, 9.17) is 0 Å². The molecule has 6 nitrogen and oxygen atoms in total. The van der Waals surface area contributed by atoms with Crippen LogP contribution < -0.4 is 21.3 Å². The number of piperidine rings is 1. The van der Waals surface area contributed by atoms with Crippen LogP contribution in [-0.4, -0.2) is 30.1 Å². The van der Waals surface area contributed by atoms with Crippen LogP contribution in [0.4, 0.5) is 16.2 Å². The minimum atomic E-state index is -0.272. The van der Waals surface area contributed by atoms with Crippen LogP contribution in [0.2, 0.25) is 0 Å². The summed E-state index contributed by atoms with van der Waals surface area (Å²) in [5, 5.41) is 12.2. The molecule has 25 heavy (non-hydrogen) atoms. The summed E-state index contributed by atoms with van der Waals surface area (Å²) in [5.41, 5.74) is 1.25. The fourth-order valence-electron chi connectivity index (χ4n) is 3.93. The van der Waals surface area contributed by atoms with Gasteiger partial charge in [-0.15, -0.1) is 0 Å². The van der Waals surface area contributed by atoms with Gasteiger partial charge in [0.15, 0.2) is 0 Å². The van der Waals surface area contributed by atoms with E-state index in [-0.39, 0.29) is 18.0 Å². The van der Waals surface area contributed by atoms with Crippen molar-refractivity contribution in [1.29, 1.82) is 0 Å². The van der Waals surface area contributed by atoms with E-state index in [9.17, 15) is 9.59 Å². The minimum Gasteiger partial charge on any atom is -0.336 e. The van der Waals surface area contributed by atoms with Gasteiger partial charge in [-0.3, -0.25) is 4.79 Å². The Bertz CT molecular complexity index is 620. The molecule has 0 aromatic heterocycles. The molecule has 2 aliphatic rings. The van der Waals surface area contributed by atoms with Crippen molar-refractivity contribution >= 4 is 23.3 Å². The van der Waals surface area contributed by atoms with E-state index in [2.05, 4.69) is 21.3 Å². The second kappa shape index (κ2) is 7.87. The highest BCUT2D eigenvalue weighted by Gasteiger charge is 2.34. The van der Waals surface area contributed by atoms with Gasteiger partial charge in [-0.25, -0.2) is 4.79 Å². The first-order valence-corrected chi connectivity index (χ1v) is 9.22. The number of amides is 3. The molecule has 136 valence electrons. The van der Waals surface area contributed by atoms with Crippen LogP contribution in [0.1, 0.15) is 46.0 Å². The Labute approximate surface area is 149 Å². The number of hydrogen-bond acceptors (Lipinski definition) is 3. The van der Waals surface area contributed by atoms with Gasteiger partial charge in [-0.2, -0.15) is 0 Å². The van der Waals surface area contributed by atoms with E-state index >= 15 is 0 Å². The van der Waals surface area contributed by atoms with E-state index in [1.54, 1.807) is 6.07 Å². The van der Waals surface area contributed by atoms with Crippen molar-refractivity contribution in [2.75, 3.05) is 10.6 Å². The zero-order valence-corrected chi connectivity index (χ0v) is 15.0. The number of rotatable bonds is 5. The summed E-state index contributed by atoms with van der Waals surface area (Å²) in [7, 11) is 0. The topological polar surface area (TPSA) is 82.3 Å². The van der Waals surface area contributed by atoms with Crippen LogP contribution in [0.25, 0.3) is 0 Å². The van der Waals surface area contributed by atoms with Gasteiger partial charge in [0.2, 0.25) is 5.91 Å². The maximum Gasteiger partial charge on any atom is 0.319 e. The molecule has 0 spiro atoms. The largest absolute Gasteiger partial charge is 0.336 e. The fraction of sp³-hybridized carbons (Fsp3) is 0.579. The molecule has 0 radical (unpaired) electrons. The van der Waals surface area contributed by atoms with Crippen molar-refractivity contribution in [3.8, 4) is 0 Å². The van der Waals surface area contributed by atoms with Gasteiger partial charge in [0, 0.05) is 24.5 Å². The highest BCUT2D eigenvalue weighted by Crippen LogP contribution is 2.33. The van der Waals surface area contributed by atoms with E-state index in [0.717, 1.165) is 12.8 Å². The number of carbonyl (C=O) groups excluding carboxylic acids is 2. The standard InChI is InChI=1S/C19H28N4O2/c1-12(2)20-19(25)23-17-6-4-3-5-16(17)22-18(24)11-13-9-14-7-8-15(10-13)21-14/h3-6,12-15,21H,7-11H2,1-2H3,(H,22,24)(H2,20,23,25)/t13?,14-,15+. The lowest BCUT2D eigenvalue weighted by atomic mass is 9.89. The predicted octanol–water partition coefficient (Wildman–Crippen LogP) is 3.08. The summed E-state index contributed by atoms with van der Waals surface area (Å²) in [5.74, 6) is 0.466. The second-order valence-electron chi connectivity index (χ2n) is 7.53. The number of carbonyl (C=O) groups is 2. The molecule has 2 saturated heterocycles. The number of hydrogen-bond donors (Lipinski definition) is 4. The zero-order chi connectivity index (χ0) is 17.8. The molecule has 1 aromatic carbocycles. The molecule has 6 heteroatoms. The Morgan fingerprint density at radius 1 is 1.08 bits per heavy atom. The smallest absolute Gasteiger partial charge is 0.319 e. The lowest BCUT2D eigenvalue weighted by molar-refractivity contribution is -0.117. The molecule has 2 aliphatic heterocycles. The summed E-state index contributed by atoms with van der Waals surface area (Å²) in [6, 6.07) is 8.26. The summed E-state index contributed by atoms with van der Waals surface area (Å²) in [6.45, 7) is 3.80. The number of para-hydroxylation sites is 2. The number of benzene rings is 1. The molecule has 2 heterocycles. The van der Waals surface area contributed by atoms with Crippen molar-refractivity contribution in [3.63, 3.8) is 0 Å². The molecule has 2 bridgehead atoms. The van der Waals surface area contributed by atoms with Gasteiger partial charge in [-0.1, -0.05) is 12.1 Å². The third-order valence-corrected chi connectivity index (χ3v) is 4.91. The molecule has 0 saturated carbocycles. The van der Waals surface area contributed by atoms with E-state index in [0.29, 0.717) is 35.8 Å². The SMILES string of the molecule is CC(C)NC(=O)Nc1ccccc1NC(=O)CC1C[C@H]2CC[C@@H](C1)N2. The average molecular weight is 344 g/mol. The van der Waals surface area contributed by atoms with Crippen LogP contribution in [0.3, 0.4) is 0 Å². The Morgan fingerprint density at radius 3 is 2.28 bits per heavy atom. The first kappa shape index (κ1) is 17.7. The maximum atomic E-state index is 12.5. The Morgan fingerprint density at radius 2 is 1.68 bits per heavy atom. The Hall–Kier alpha value is -2.08. The maximum absolute atomic E-state index is 12.5. The summed E-state index contributed by atoms with van der Waals surface area (Å²) >= 11 is 0. The van der Waals surface area contributed by atoms with E-state index < -0.39 is 0 Å². The monoisotopic (exact) mass is 344 g/mol. The highest BCUT2D eigenvalue weighted by atomic mass is 16.2. The van der Waals surface area contributed by atoms with Crippen LogP contribution in [0.15, 0.2) is 24.3 Å². The van der Waals surface area contributed by atoms with Crippen molar-refractivity contribution in [2.45, 2.75) is 64.1 Å². The number of anilines is 2. The molecule has 4 N–H and O–H groups in total. The van der Waals surface area contributed by atoms with Crippen LogP contribution in [0.5, 0.6) is 0 Å². The van der Waals surface area contributed by atoms with E-state index in [1.165, 1.54) is 12.8 Å². The molecule has 3 rings (SSSR count). The number of urea groups is 1. The van der Waals surface area contributed by atoms with Crippen LogP contribution >= 0.6 is 0 Å². The number of fused-ring (bicyclic) bond motifs is 2. The average Bonchev–Trinajstić information content (AvgIpc) is 2.87. The minimum absolute atomic E-state index is 0.0183. The Kier molecular flexibility index (Phi) is 5.58. The molecule has 2 fully saturated rings. The first-order valence-electron chi connectivity index (χ1n) is 9.22. The molecule has 1 unspecified atom stereocenters. The number of nitrogens with one attached hydrogen (secondary N) is 4. The van der Waals surface area contributed by atoms with Crippen LogP contribution in [0, 0.1) is 5.92 Å². The van der Waals surface area contributed by atoms with Crippen molar-refractivity contribution in [1.82, 2.24) is 10.6 Å². The first-order chi connectivity index (χ1) is 12.0. The van der Waals surface area contributed by atoms with Gasteiger partial charge in [-0.05, 0) is 57.6 Å². The molecule has 3 atom stereocenters. The third-order valence-electron chi connectivity index (χ3n) is 4.91. The van der Waals surface area contributed by atoms with Gasteiger partial charge in [0.05, 0.1) is 11.4 Å². The molecular formula is C19H28N4O2. The summed E-state index contributed by atoms with van der Waals surface area (Å²) in [6.07, 6.45) is 5.18. The lowest BCUT2D eigenvalue weighted by Crippen LogP contribution is -2.39. The summed E-state index contributed by atoms with van der Waals surface area (Å²) < 4.78 is 0. The Balaban J connectivity index is 1.56. The van der Waals surface area contributed by atoms with Gasteiger partial charge < -0.3 is 21.3 Å². The normalized spacial score (nSPS) is 24.8. The third kappa shape index (κ3) is 4.95. The van der Waals surface area contributed by atoms with Crippen molar-refractivity contribution in [3.05, 3.63) is 24.3 Å². The molecule has 0 aliphatic carbocycles. The molecule has 1 aromatic rings. The van der Waals surface area contributed by atoms with E-state index in [1.807, 2.05) is 32.0 Å². The fourth-order valence-corrected chi connectivity index (χ4v) is 3.93. The lowest BCUT2D eigenvalue weighted by Gasteiger charge is -2.28. The van der Waals surface area contributed by atoms with Gasteiger partial charge >= 0.3 is 6.03 Å². The van der Waals surface area contributed by atoms with Crippen molar-refractivity contribution in [2.24, 2.45) is 5.92 Å². The zero-order valence-electron chi connectivity index (χ0n) is 15.0. The quantitative estimate of drug-likeness (QED) is 0.662. The van der Waals surface area contributed by atoms with Crippen molar-refractivity contribution < 1.29 is 9.59 Å².